The van der Waals surface area contributed by atoms with Crippen LogP contribution in [-0.4, -0.2) is 37.1 Å². The quantitative estimate of drug-likeness (QED) is 0.834. The van der Waals surface area contributed by atoms with Gasteiger partial charge in [0, 0.05) is 25.7 Å². The lowest BCUT2D eigenvalue weighted by Gasteiger charge is -2.26. The first kappa shape index (κ1) is 11.6. The van der Waals surface area contributed by atoms with Crippen LogP contribution < -0.4 is 5.32 Å². The normalized spacial score (nSPS) is 22.9. The van der Waals surface area contributed by atoms with E-state index in [4.69, 9.17) is 0 Å². The SMILES string of the molecule is CC1CCNCCN1CCc1ccccc1. The Morgan fingerprint density at radius 3 is 2.88 bits per heavy atom. The van der Waals surface area contributed by atoms with E-state index in [1.165, 1.54) is 38.0 Å². The first-order chi connectivity index (χ1) is 7.86. The van der Waals surface area contributed by atoms with Crippen LogP contribution in [0.2, 0.25) is 0 Å². The van der Waals surface area contributed by atoms with Crippen molar-refractivity contribution in [1.29, 1.82) is 0 Å². The highest BCUT2D eigenvalue weighted by Gasteiger charge is 2.15. The fraction of sp³-hybridized carbons (Fsp3) is 0.571. The van der Waals surface area contributed by atoms with Gasteiger partial charge in [0.2, 0.25) is 0 Å². The van der Waals surface area contributed by atoms with Crippen molar-refractivity contribution in [3.8, 4) is 0 Å². The van der Waals surface area contributed by atoms with Crippen LogP contribution in [0.1, 0.15) is 18.9 Å². The summed E-state index contributed by atoms with van der Waals surface area (Å²) in [4.78, 5) is 2.60. The molecule has 1 fully saturated rings. The van der Waals surface area contributed by atoms with Crippen molar-refractivity contribution in [2.45, 2.75) is 25.8 Å². The summed E-state index contributed by atoms with van der Waals surface area (Å²) in [6, 6.07) is 11.5. The summed E-state index contributed by atoms with van der Waals surface area (Å²) in [5.41, 5.74) is 1.45. The second-order valence-corrected chi connectivity index (χ2v) is 4.66. The van der Waals surface area contributed by atoms with Crippen molar-refractivity contribution in [1.82, 2.24) is 10.2 Å². The van der Waals surface area contributed by atoms with E-state index in [0.717, 1.165) is 12.6 Å². The average molecular weight is 218 g/mol. The molecule has 1 heterocycles. The third kappa shape index (κ3) is 3.32. The van der Waals surface area contributed by atoms with Crippen molar-refractivity contribution in [3.05, 3.63) is 35.9 Å². The van der Waals surface area contributed by atoms with Crippen molar-refractivity contribution in [3.63, 3.8) is 0 Å². The molecule has 0 spiro atoms. The molecule has 0 aromatic heterocycles. The fourth-order valence-corrected chi connectivity index (χ4v) is 2.31. The molecule has 1 saturated heterocycles. The molecule has 1 aliphatic rings. The summed E-state index contributed by atoms with van der Waals surface area (Å²) in [5.74, 6) is 0. The van der Waals surface area contributed by atoms with Crippen LogP contribution >= 0.6 is 0 Å². The highest BCUT2D eigenvalue weighted by atomic mass is 15.2. The van der Waals surface area contributed by atoms with E-state index < -0.39 is 0 Å². The molecule has 1 aromatic rings. The molecular formula is C14H22N2. The summed E-state index contributed by atoms with van der Waals surface area (Å²) in [5, 5.41) is 3.46. The molecule has 0 amide bonds. The number of nitrogens with zero attached hydrogens (tertiary/aromatic N) is 1. The maximum atomic E-state index is 3.46. The van der Waals surface area contributed by atoms with Gasteiger partial charge in [-0.05, 0) is 31.9 Å². The van der Waals surface area contributed by atoms with E-state index in [2.05, 4.69) is 47.5 Å². The largest absolute Gasteiger partial charge is 0.315 e. The zero-order valence-corrected chi connectivity index (χ0v) is 10.2. The lowest BCUT2D eigenvalue weighted by Crippen LogP contribution is -2.35. The third-order valence-corrected chi connectivity index (χ3v) is 3.47. The molecule has 0 saturated carbocycles. The summed E-state index contributed by atoms with van der Waals surface area (Å²) in [6.45, 7) is 7.03. The van der Waals surface area contributed by atoms with Gasteiger partial charge in [0.25, 0.3) is 0 Å². The van der Waals surface area contributed by atoms with Crippen LogP contribution in [0.4, 0.5) is 0 Å². The summed E-state index contributed by atoms with van der Waals surface area (Å²) < 4.78 is 0. The number of hydrogen-bond donors (Lipinski definition) is 1. The number of nitrogens with one attached hydrogen (secondary N) is 1. The molecule has 1 aromatic carbocycles. The van der Waals surface area contributed by atoms with E-state index in [0.29, 0.717) is 0 Å². The third-order valence-electron chi connectivity index (χ3n) is 3.47. The van der Waals surface area contributed by atoms with E-state index in [-0.39, 0.29) is 0 Å². The van der Waals surface area contributed by atoms with Crippen LogP contribution in [0.5, 0.6) is 0 Å². The standard InChI is InChI=1S/C14H22N2/c1-13-7-9-15-10-12-16(13)11-8-14-5-3-2-4-6-14/h2-6,13,15H,7-12H2,1H3. The van der Waals surface area contributed by atoms with Gasteiger partial charge in [-0.3, -0.25) is 4.90 Å². The first-order valence-electron chi connectivity index (χ1n) is 6.35. The van der Waals surface area contributed by atoms with Crippen molar-refractivity contribution >= 4 is 0 Å². The maximum absolute atomic E-state index is 3.46. The Bertz CT molecular complexity index is 297. The highest BCUT2D eigenvalue weighted by Crippen LogP contribution is 2.08. The minimum absolute atomic E-state index is 0.721. The smallest absolute Gasteiger partial charge is 0.0110 e. The van der Waals surface area contributed by atoms with Crippen molar-refractivity contribution in [2.24, 2.45) is 0 Å². The molecule has 0 aliphatic carbocycles. The molecule has 1 atom stereocenters. The van der Waals surface area contributed by atoms with Gasteiger partial charge in [0.05, 0.1) is 0 Å². The zero-order valence-electron chi connectivity index (χ0n) is 10.2. The predicted molar refractivity (Wildman–Crippen MR) is 68.7 cm³/mol. The lowest BCUT2D eigenvalue weighted by atomic mass is 10.1. The average Bonchev–Trinajstić information content (AvgIpc) is 2.53. The van der Waals surface area contributed by atoms with Gasteiger partial charge < -0.3 is 5.32 Å². The van der Waals surface area contributed by atoms with Gasteiger partial charge in [-0.2, -0.15) is 0 Å². The van der Waals surface area contributed by atoms with Crippen molar-refractivity contribution in [2.75, 3.05) is 26.2 Å². The monoisotopic (exact) mass is 218 g/mol. The van der Waals surface area contributed by atoms with Gasteiger partial charge in [0.1, 0.15) is 0 Å². The second-order valence-electron chi connectivity index (χ2n) is 4.66. The minimum atomic E-state index is 0.721. The topological polar surface area (TPSA) is 15.3 Å². The Balaban J connectivity index is 1.84. The van der Waals surface area contributed by atoms with Crippen LogP contribution in [-0.2, 0) is 6.42 Å². The summed E-state index contributed by atoms with van der Waals surface area (Å²) >= 11 is 0. The van der Waals surface area contributed by atoms with Crippen LogP contribution in [0.15, 0.2) is 30.3 Å². The Kier molecular flexibility index (Phi) is 4.37. The predicted octanol–water partition coefficient (Wildman–Crippen LogP) is 1.91. The summed E-state index contributed by atoms with van der Waals surface area (Å²) in [6.07, 6.45) is 2.44. The molecule has 0 bridgehead atoms. The van der Waals surface area contributed by atoms with Gasteiger partial charge in [-0.25, -0.2) is 0 Å². The molecule has 2 rings (SSSR count). The molecular weight excluding hydrogens is 196 g/mol. The minimum Gasteiger partial charge on any atom is -0.315 e. The number of hydrogen-bond acceptors (Lipinski definition) is 2. The van der Waals surface area contributed by atoms with E-state index in [9.17, 15) is 0 Å². The fourth-order valence-electron chi connectivity index (χ4n) is 2.31. The zero-order chi connectivity index (χ0) is 11.2. The Morgan fingerprint density at radius 2 is 2.06 bits per heavy atom. The first-order valence-corrected chi connectivity index (χ1v) is 6.35. The Hall–Kier alpha value is -0.860. The molecule has 88 valence electrons. The number of rotatable bonds is 3. The second kappa shape index (κ2) is 6.02. The Morgan fingerprint density at radius 1 is 1.25 bits per heavy atom. The Labute approximate surface area is 98.7 Å². The van der Waals surface area contributed by atoms with E-state index in [1.54, 1.807) is 0 Å². The van der Waals surface area contributed by atoms with E-state index >= 15 is 0 Å². The van der Waals surface area contributed by atoms with Gasteiger partial charge in [-0.1, -0.05) is 30.3 Å². The van der Waals surface area contributed by atoms with Gasteiger partial charge >= 0.3 is 0 Å². The van der Waals surface area contributed by atoms with Crippen LogP contribution in [0, 0.1) is 0 Å². The summed E-state index contributed by atoms with van der Waals surface area (Å²) in [7, 11) is 0. The van der Waals surface area contributed by atoms with Crippen LogP contribution in [0.25, 0.3) is 0 Å². The molecule has 0 radical (unpaired) electrons. The van der Waals surface area contributed by atoms with Crippen molar-refractivity contribution < 1.29 is 0 Å². The van der Waals surface area contributed by atoms with Gasteiger partial charge in [0.15, 0.2) is 0 Å². The van der Waals surface area contributed by atoms with E-state index in [1.807, 2.05) is 0 Å². The number of benzene rings is 1. The molecule has 1 aliphatic heterocycles. The van der Waals surface area contributed by atoms with Crippen LogP contribution in [0.3, 0.4) is 0 Å². The van der Waals surface area contributed by atoms with Gasteiger partial charge in [-0.15, -0.1) is 0 Å². The highest BCUT2D eigenvalue weighted by molar-refractivity contribution is 5.14. The molecule has 1 N–H and O–H groups in total. The maximum Gasteiger partial charge on any atom is 0.0110 e. The molecule has 2 nitrogen and oxygen atoms in total. The molecule has 16 heavy (non-hydrogen) atoms. The molecule has 2 heteroatoms. The molecule has 1 unspecified atom stereocenters. The lowest BCUT2D eigenvalue weighted by molar-refractivity contribution is 0.223.